The summed E-state index contributed by atoms with van der Waals surface area (Å²) < 4.78 is 32.4. The molecule has 1 amide bonds. The Morgan fingerprint density at radius 2 is 1.71 bits per heavy atom. The molecule has 0 unspecified atom stereocenters. The Balaban J connectivity index is 1.64. The van der Waals surface area contributed by atoms with Crippen LogP contribution in [0.4, 0.5) is 0 Å². The van der Waals surface area contributed by atoms with Crippen molar-refractivity contribution in [1.29, 1.82) is 0 Å². The van der Waals surface area contributed by atoms with Crippen LogP contribution in [0.3, 0.4) is 0 Å². The molecule has 0 aromatic heterocycles. The molecular weight excluding hydrogens is 380 g/mol. The van der Waals surface area contributed by atoms with Gasteiger partial charge in [-0.05, 0) is 51.2 Å². The highest BCUT2D eigenvalue weighted by Crippen LogP contribution is 2.26. The molecule has 1 aromatic carbocycles. The molecular formula is C20H28N2O5S. The zero-order valence-corrected chi connectivity index (χ0v) is 17.0. The van der Waals surface area contributed by atoms with Crippen LogP contribution in [0.5, 0.6) is 0 Å². The first kappa shape index (κ1) is 20.8. The van der Waals surface area contributed by atoms with E-state index in [0.717, 1.165) is 37.7 Å². The number of amides is 1. The van der Waals surface area contributed by atoms with Crippen LogP contribution in [0, 0.1) is 6.92 Å². The van der Waals surface area contributed by atoms with Crippen LogP contribution in [0.15, 0.2) is 29.2 Å². The number of sulfonamides is 1. The first-order valence-electron chi connectivity index (χ1n) is 9.92. The van der Waals surface area contributed by atoms with Crippen LogP contribution in [-0.2, 0) is 24.3 Å². The second-order valence-corrected chi connectivity index (χ2v) is 9.49. The smallest absolute Gasteiger partial charge is 0.324 e. The number of carbonyl (C=O) groups is 2. The van der Waals surface area contributed by atoms with E-state index in [-0.39, 0.29) is 30.0 Å². The predicted molar refractivity (Wildman–Crippen MR) is 104 cm³/mol. The fraction of sp³-hybridized carbons (Fsp3) is 0.600. The molecule has 3 rings (SSSR count). The van der Waals surface area contributed by atoms with Crippen molar-refractivity contribution in [3.8, 4) is 0 Å². The van der Waals surface area contributed by atoms with Gasteiger partial charge in [0.1, 0.15) is 6.04 Å². The highest BCUT2D eigenvalue weighted by molar-refractivity contribution is 7.89. The van der Waals surface area contributed by atoms with Crippen LogP contribution in [0.2, 0.25) is 0 Å². The van der Waals surface area contributed by atoms with Crippen molar-refractivity contribution in [3.63, 3.8) is 0 Å². The average Bonchev–Trinajstić information content (AvgIpc) is 3.19. The van der Waals surface area contributed by atoms with Crippen molar-refractivity contribution >= 4 is 21.9 Å². The van der Waals surface area contributed by atoms with E-state index in [1.54, 1.807) is 24.3 Å². The number of piperidine rings is 1. The number of nitrogens with zero attached hydrogens (tertiary/aromatic N) is 1. The maximum absolute atomic E-state index is 13.0. The van der Waals surface area contributed by atoms with Crippen LogP contribution in [0.25, 0.3) is 0 Å². The molecule has 1 N–H and O–H groups in total. The number of ether oxygens (including phenoxy) is 1. The molecule has 1 heterocycles. The molecule has 7 nitrogen and oxygen atoms in total. The van der Waals surface area contributed by atoms with E-state index in [2.05, 4.69) is 5.32 Å². The molecule has 1 saturated heterocycles. The number of rotatable bonds is 6. The summed E-state index contributed by atoms with van der Waals surface area (Å²) in [5.74, 6) is -0.985. The highest BCUT2D eigenvalue weighted by Gasteiger charge is 2.38. The Morgan fingerprint density at radius 1 is 1.07 bits per heavy atom. The van der Waals surface area contributed by atoms with Gasteiger partial charge in [0.15, 0.2) is 6.61 Å². The fourth-order valence-electron chi connectivity index (χ4n) is 3.85. The molecule has 2 aliphatic rings. The van der Waals surface area contributed by atoms with Crippen LogP contribution in [-0.4, -0.2) is 49.8 Å². The van der Waals surface area contributed by atoms with Crippen molar-refractivity contribution in [3.05, 3.63) is 29.8 Å². The van der Waals surface area contributed by atoms with E-state index in [1.807, 2.05) is 6.92 Å². The zero-order chi connectivity index (χ0) is 20.1. The van der Waals surface area contributed by atoms with E-state index in [0.29, 0.717) is 12.8 Å². The Hall–Kier alpha value is -1.93. The van der Waals surface area contributed by atoms with Gasteiger partial charge < -0.3 is 10.1 Å². The predicted octanol–water partition coefficient (Wildman–Crippen LogP) is 2.14. The van der Waals surface area contributed by atoms with E-state index in [9.17, 15) is 18.0 Å². The van der Waals surface area contributed by atoms with Gasteiger partial charge in [-0.15, -0.1) is 0 Å². The maximum atomic E-state index is 13.0. The summed E-state index contributed by atoms with van der Waals surface area (Å²) in [6, 6.07) is 5.83. The molecule has 28 heavy (non-hydrogen) atoms. The third-order valence-electron chi connectivity index (χ3n) is 5.42. The van der Waals surface area contributed by atoms with E-state index in [4.69, 9.17) is 4.74 Å². The lowest BCUT2D eigenvalue weighted by Gasteiger charge is -2.33. The van der Waals surface area contributed by atoms with Gasteiger partial charge in [-0.2, -0.15) is 4.31 Å². The number of benzene rings is 1. The van der Waals surface area contributed by atoms with Gasteiger partial charge in [0, 0.05) is 12.6 Å². The first-order chi connectivity index (χ1) is 13.4. The van der Waals surface area contributed by atoms with Gasteiger partial charge in [0.2, 0.25) is 10.0 Å². The second kappa shape index (κ2) is 9.05. The summed E-state index contributed by atoms with van der Waals surface area (Å²) in [4.78, 5) is 24.7. The van der Waals surface area contributed by atoms with Crippen molar-refractivity contribution in [2.75, 3.05) is 13.2 Å². The van der Waals surface area contributed by atoms with Gasteiger partial charge in [0.25, 0.3) is 5.91 Å². The molecule has 1 aromatic rings. The Kier molecular flexibility index (Phi) is 6.72. The standard InChI is InChI=1S/C20H28N2O5S/c1-15-9-11-17(12-10-15)28(25,26)22-13-5-4-8-18(22)20(24)27-14-19(23)21-16-6-2-3-7-16/h9-12,16,18H,2-8,13-14H2,1H3,(H,21,23)/t18-/m1/s1. The topological polar surface area (TPSA) is 92.8 Å². The van der Waals surface area contributed by atoms with E-state index in [1.165, 1.54) is 4.31 Å². The van der Waals surface area contributed by atoms with Crippen molar-refractivity contribution in [2.24, 2.45) is 0 Å². The third kappa shape index (κ3) is 4.91. The number of esters is 1. The second-order valence-electron chi connectivity index (χ2n) is 7.60. The van der Waals surface area contributed by atoms with Crippen molar-refractivity contribution in [1.82, 2.24) is 9.62 Å². The largest absolute Gasteiger partial charge is 0.454 e. The summed E-state index contributed by atoms with van der Waals surface area (Å²) in [6.07, 6.45) is 5.92. The van der Waals surface area contributed by atoms with Gasteiger partial charge in [-0.1, -0.05) is 30.5 Å². The third-order valence-corrected chi connectivity index (χ3v) is 7.34. The molecule has 1 aliphatic carbocycles. The lowest BCUT2D eigenvalue weighted by atomic mass is 10.1. The molecule has 1 saturated carbocycles. The summed E-state index contributed by atoms with van der Waals surface area (Å²) in [7, 11) is -3.80. The number of hydrogen-bond donors (Lipinski definition) is 1. The van der Waals surface area contributed by atoms with Gasteiger partial charge in [-0.3, -0.25) is 9.59 Å². The summed E-state index contributed by atoms with van der Waals surface area (Å²) in [5, 5.41) is 2.86. The molecule has 8 heteroatoms. The minimum atomic E-state index is -3.80. The summed E-state index contributed by atoms with van der Waals surface area (Å²) in [5.41, 5.74) is 0.960. The molecule has 1 aliphatic heterocycles. The molecule has 0 spiro atoms. The number of aryl methyl sites for hydroxylation is 1. The highest BCUT2D eigenvalue weighted by atomic mass is 32.2. The first-order valence-corrected chi connectivity index (χ1v) is 11.4. The molecule has 1 atom stereocenters. The van der Waals surface area contributed by atoms with Crippen molar-refractivity contribution in [2.45, 2.75) is 68.8 Å². The summed E-state index contributed by atoms with van der Waals surface area (Å²) >= 11 is 0. The van der Waals surface area contributed by atoms with Gasteiger partial charge in [-0.25, -0.2) is 8.42 Å². The lowest BCUT2D eigenvalue weighted by Crippen LogP contribution is -2.49. The van der Waals surface area contributed by atoms with Crippen molar-refractivity contribution < 1.29 is 22.7 Å². The Morgan fingerprint density at radius 3 is 2.39 bits per heavy atom. The van der Waals surface area contributed by atoms with Crippen LogP contribution < -0.4 is 5.32 Å². The monoisotopic (exact) mass is 408 g/mol. The minimum Gasteiger partial charge on any atom is -0.454 e. The molecule has 2 fully saturated rings. The average molecular weight is 409 g/mol. The maximum Gasteiger partial charge on any atom is 0.324 e. The molecule has 154 valence electrons. The molecule has 0 radical (unpaired) electrons. The van der Waals surface area contributed by atoms with E-state index >= 15 is 0 Å². The fourth-order valence-corrected chi connectivity index (χ4v) is 5.49. The minimum absolute atomic E-state index is 0.152. The Bertz CT molecular complexity index is 800. The SMILES string of the molecule is Cc1ccc(S(=O)(=O)N2CCCC[C@@H]2C(=O)OCC(=O)NC2CCCC2)cc1. The quantitative estimate of drug-likeness (QED) is 0.728. The molecule has 0 bridgehead atoms. The van der Waals surface area contributed by atoms with E-state index < -0.39 is 22.0 Å². The van der Waals surface area contributed by atoms with Gasteiger partial charge >= 0.3 is 5.97 Å². The number of hydrogen-bond acceptors (Lipinski definition) is 5. The van der Waals surface area contributed by atoms with Crippen LogP contribution in [0.1, 0.15) is 50.5 Å². The Labute approximate surface area is 166 Å². The summed E-state index contributed by atoms with van der Waals surface area (Å²) in [6.45, 7) is 1.78. The normalized spacial score (nSPS) is 21.4. The number of nitrogens with one attached hydrogen (secondary N) is 1. The van der Waals surface area contributed by atoms with Gasteiger partial charge in [0.05, 0.1) is 4.90 Å². The lowest BCUT2D eigenvalue weighted by molar-refractivity contribution is -0.153. The number of carbonyl (C=O) groups excluding carboxylic acids is 2. The zero-order valence-electron chi connectivity index (χ0n) is 16.2. The van der Waals surface area contributed by atoms with Crippen LogP contribution >= 0.6 is 0 Å².